The second kappa shape index (κ2) is 14.0. The van der Waals surface area contributed by atoms with Crippen LogP contribution < -0.4 is 10.6 Å². The van der Waals surface area contributed by atoms with Gasteiger partial charge in [-0.3, -0.25) is 14.8 Å². The molecular weight excluding hydrogens is 439 g/mol. The SMILES string of the molecule is CCNC(=NCC(C)N1CCN(C)CC1)NCCN(C(C)C)C(C)C.I. The molecule has 0 aromatic heterocycles. The van der Waals surface area contributed by atoms with E-state index in [1.54, 1.807) is 0 Å². The van der Waals surface area contributed by atoms with Crippen LogP contribution in [0.1, 0.15) is 41.5 Å². The topological polar surface area (TPSA) is 46.1 Å². The van der Waals surface area contributed by atoms with Gasteiger partial charge in [-0.15, -0.1) is 24.0 Å². The Balaban J connectivity index is 0.00000625. The van der Waals surface area contributed by atoms with Crippen molar-refractivity contribution in [3.8, 4) is 0 Å². The Morgan fingerprint density at radius 3 is 2.08 bits per heavy atom. The summed E-state index contributed by atoms with van der Waals surface area (Å²) in [6.07, 6.45) is 0. The van der Waals surface area contributed by atoms with Crippen LogP contribution in [0.3, 0.4) is 0 Å². The van der Waals surface area contributed by atoms with Crippen LogP contribution in [0.15, 0.2) is 4.99 Å². The van der Waals surface area contributed by atoms with E-state index in [0.29, 0.717) is 18.1 Å². The normalized spacial score (nSPS) is 18.3. The summed E-state index contributed by atoms with van der Waals surface area (Å²) in [5, 5.41) is 6.87. The van der Waals surface area contributed by atoms with E-state index in [1.807, 2.05) is 0 Å². The van der Waals surface area contributed by atoms with Crippen molar-refractivity contribution in [1.82, 2.24) is 25.3 Å². The fourth-order valence-electron chi connectivity index (χ4n) is 3.36. The van der Waals surface area contributed by atoms with Crippen LogP contribution >= 0.6 is 24.0 Å². The Morgan fingerprint density at radius 1 is 1.00 bits per heavy atom. The van der Waals surface area contributed by atoms with Crippen LogP contribution in [0, 0.1) is 0 Å². The van der Waals surface area contributed by atoms with Gasteiger partial charge in [-0.1, -0.05) is 0 Å². The monoisotopic (exact) mass is 482 g/mol. The zero-order valence-corrected chi connectivity index (χ0v) is 20.4. The number of halogens is 1. The van der Waals surface area contributed by atoms with Gasteiger partial charge in [0.2, 0.25) is 0 Å². The molecule has 0 aromatic rings. The third kappa shape index (κ3) is 9.71. The van der Waals surface area contributed by atoms with Gasteiger partial charge in [0.05, 0.1) is 6.54 Å². The van der Waals surface area contributed by atoms with Gasteiger partial charge < -0.3 is 15.5 Å². The van der Waals surface area contributed by atoms with Crippen LogP contribution in [-0.2, 0) is 0 Å². The summed E-state index contributed by atoms with van der Waals surface area (Å²) in [6.45, 7) is 21.8. The van der Waals surface area contributed by atoms with Gasteiger partial charge in [0.25, 0.3) is 0 Å². The van der Waals surface area contributed by atoms with Crippen molar-refractivity contribution >= 4 is 29.9 Å². The molecular formula is C19H43IN6. The maximum Gasteiger partial charge on any atom is 0.191 e. The molecule has 1 aliphatic rings. The molecule has 1 rings (SSSR count). The fraction of sp³-hybridized carbons (Fsp3) is 0.947. The van der Waals surface area contributed by atoms with Gasteiger partial charge >= 0.3 is 0 Å². The van der Waals surface area contributed by atoms with E-state index in [-0.39, 0.29) is 24.0 Å². The van der Waals surface area contributed by atoms with Crippen molar-refractivity contribution in [2.45, 2.75) is 59.7 Å². The molecule has 1 unspecified atom stereocenters. The number of likely N-dealkylation sites (N-methyl/N-ethyl adjacent to an activating group) is 1. The smallest absolute Gasteiger partial charge is 0.191 e. The number of nitrogens with one attached hydrogen (secondary N) is 2. The van der Waals surface area contributed by atoms with Crippen LogP contribution in [0.25, 0.3) is 0 Å². The third-order valence-electron chi connectivity index (χ3n) is 5.01. The van der Waals surface area contributed by atoms with Crippen LogP contribution in [0.5, 0.6) is 0 Å². The van der Waals surface area contributed by atoms with Crippen molar-refractivity contribution < 1.29 is 0 Å². The van der Waals surface area contributed by atoms with Gasteiger partial charge in [-0.05, 0) is 48.6 Å². The van der Waals surface area contributed by atoms with E-state index in [9.17, 15) is 0 Å². The summed E-state index contributed by atoms with van der Waals surface area (Å²) >= 11 is 0. The van der Waals surface area contributed by atoms with E-state index in [4.69, 9.17) is 4.99 Å². The predicted molar refractivity (Wildman–Crippen MR) is 125 cm³/mol. The van der Waals surface area contributed by atoms with E-state index in [2.05, 4.69) is 73.9 Å². The van der Waals surface area contributed by atoms with Gasteiger partial charge in [0.15, 0.2) is 5.96 Å². The predicted octanol–water partition coefficient (Wildman–Crippen LogP) is 1.91. The quantitative estimate of drug-likeness (QED) is 0.299. The van der Waals surface area contributed by atoms with Gasteiger partial charge in [-0.25, -0.2) is 0 Å². The first-order valence-corrected chi connectivity index (χ1v) is 10.1. The minimum atomic E-state index is 0. The maximum atomic E-state index is 4.81. The van der Waals surface area contributed by atoms with Crippen molar-refractivity contribution in [1.29, 1.82) is 0 Å². The van der Waals surface area contributed by atoms with E-state index < -0.39 is 0 Å². The Hall–Kier alpha value is -0.120. The molecule has 0 spiro atoms. The number of aliphatic imine (C=N–C) groups is 1. The molecule has 7 heteroatoms. The summed E-state index contributed by atoms with van der Waals surface area (Å²) in [7, 11) is 2.20. The average molecular weight is 482 g/mol. The summed E-state index contributed by atoms with van der Waals surface area (Å²) in [5.74, 6) is 0.941. The molecule has 0 aliphatic carbocycles. The van der Waals surface area contributed by atoms with Gasteiger partial charge in [0, 0.05) is 63.9 Å². The lowest BCUT2D eigenvalue weighted by atomic mass is 10.2. The molecule has 1 atom stereocenters. The zero-order valence-electron chi connectivity index (χ0n) is 18.1. The maximum absolute atomic E-state index is 4.81. The molecule has 0 bridgehead atoms. The molecule has 1 aliphatic heterocycles. The fourth-order valence-corrected chi connectivity index (χ4v) is 3.36. The minimum Gasteiger partial charge on any atom is -0.357 e. The first-order valence-electron chi connectivity index (χ1n) is 10.1. The van der Waals surface area contributed by atoms with E-state index in [1.165, 1.54) is 0 Å². The highest BCUT2D eigenvalue weighted by Gasteiger charge is 2.19. The summed E-state index contributed by atoms with van der Waals surface area (Å²) in [6, 6.07) is 1.63. The molecule has 0 amide bonds. The average Bonchev–Trinajstić information content (AvgIpc) is 2.56. The number of rotatable bonds is 9. The van der Waals surface area contributed by atoms with Crippen LogP contribution in [0.4, 0.5) is 0 Å². The first kappa shape index (κ1) is 25.9. The highest BCUT2D eigenvalue weighted by molar-refractivity contribution is 14.0. The molecule has 6 nitrogen and oxygen atoms in total. The van der Waals surface area contributed by atoms with Gasteiger partial charge in [0.1, 0.15) is 0 Å². The lowest BCUT2D eigenvalue weighted by Crippen LogP contribution is -2.49. The molecule has 1 fully saturated rings. The van der Waals surface area contributed by atoms with Crippen LogP contribution in [-0.4, -0.2) is 98.2 Å². The lowest BCUT2D eigenvalue weighted by Gasteiger charge is -2.36. The Kier molecular flexibility index (Phi) is 13.9. The first-order chi connectivity index (χ1) is 11.8. The Bertz CT molecular complexity index is 372. The van der Waals surface area contributed by atoms with Crippen molar-refractivity contribution in [3.05, 3.63) is 0 Å². The van der Waals surface area contributed by atoms with Crippen LogP contribution in [0.2, 0.25) is 0 Å². The number of hydrogen-bond acceptors (Lipinski definition) is 4. The van der Waals surface area contributed by atoms with E-state index >= 15 is 0 Å². The molecule has 0 aromatic carbocycles. The summed E-state index contributed by atoms with van der Waals surface area (Å²) in [4.78, 5) is 12.3. The molecule has 156 valence electrons. The molecule has 26 heavy (non-hydrogen) atoms. The highest BCUT2D eigenvalue weighted by Crippen LogP contribution is 2.05. The molecule has 0 saturated carbocycles. The zero-order chi connectivity index (χ0) is 18.8. The third-order valence-corrected chi connectivity index (χ3v) is 5.01. The Labute approximate surface area is 179 Å². The number of hydrogen-bond donors (Lipinski definition) is 2. The summed E-state index contributed by atoms with van der Waals surface area (Å²) in [5.41, 5.74) is 0. The second-order valence-corrected chi connectivity index (χ2v) is 7.76. The number of nitrogens with zero attached hydrogens (tertiary/aromatic N) is 4. The second-order valence-electron chi connectivity index (χ2n) is 7.76. The molecule has 1 heterocycles. The van der Waals surface area contributed by atoms with Gasteiger partial charge in [-0.2, -0.15) is 0 Å². The largest absolute Gasteiger partial charge is 0.357 e. The molecule has 2 N–H and O–H groups in total. The highest BCUT2D eigenvalue weighted by atomic mass is 127. The van der Waals surface area contributed by atoms with Crippen molar-refractivity contribution in [3.63, 3.8) is 0 Å². The lowest BCUT2D eigenvalue weighted by molar-refractivity contribution is 0.122. The van der Waals surface area contributed by atoms with E-state index in [0.717, 1.165) is 58.3 Å². The Morgan fingerprint density at radius 2 is 1.58 bits per heavy atom. The standard InChI is InChI=1S/C19H42N6.HI/c1-8-20-19(21-9-10-25(16(2)3)17(4)5)22-15-18(6)24-13-11-23(7)12-14-24;/h16-18H,8-15H2,1-7H3,(H2,20,21,22);1H. The molecule has 0 radical (unpaired) electrons. The number of guanidine groups is 1. The minimum absolute atomic E-state index is 0. The number of piperazine rings is 1. The van der Waals surface area contributed by atoms with Crippen molar-refractivity contribution in [2.75, 3.05) is 59.4 Å². The van der Waals surface area contributed by atoms with Crippen molar-refractivity contribution in [2.24, 2.45) is 4.99 Å². The molecule has 1 saturated heterocycles. The summed E-state index contributed by atoms with van der Waals surface area (Å²) < 4.78 is 0.